The zero-order chi connectivity index (χ0) is 21.0. The average molecular weight is 422 g/mol. The van der Waals surface area contributed by atoms with E-state index >= 15 is 0 Å². The van der Waals surface area contributed by atoms with Gasteiger partial charge in [0, 0.05) is 50.2 Å². The van der Waals surface area contributed by atoms with Gasteiger partial charge >= 0.3 is 6.09 Å². The fourth-order valence-electron chi connectivity index (χ4n) is 4.16. The summed E-state index contributed by atoms with van der Waals surface area (Å²) in [6.07, 6.45) is 0.292. The van der Waals surface area contributed by atoms with E-state index in [9.17, 15) is 4.79 Å². The van der Waals surface area contributed by atoms with Gasteiger partial charge < -0.3 is 20.1 Å². The van der Waals surface area contributed by atoms with Gasteiger partial charge in [-0.15, -0.1) is 0 Å². The van der Waals surface area contributed by atoms with Crippen molar-refractivity contribution in [1.29, 1.82) is 0 Å². The Labute approximate surface area is 180 Å². The van der Waals surface area contributed by atoms with Gasteiger partial charge in [0.1, 0.15) is 18.1 Å². The Bertz CT molecular complexity index is 1070. The normalized spacial score (nSPS) is 18.0. The van der Waals surface area contributed by atoms with Gasteiger partial charge in [0.15, 0.2) is 0 Å². The molecule has 1 aromatic heterocycles. The second kappa shape index (κ2) is 8.95. The topological polar surface area (TPSA) is 91.5 Å². The Balaban J connectivity index is 1.54. The van der Waals surface area contributed by atoms with E-state index in [1.807, 2.05) is 18.2 Å². The van der Waals surface area contributed by atoms with Crippen molar-refractivity contribution in [3.05, 3.63) is 47.5 Å². The predicted molar refractivity (Wildman–Crippen MR) is 118 cm³/mol. The van der Waals surface area contributed by atoms with Crippen molar-refractivity contribution in [1.82, 2.24) is 25.7 Å². The summed E-state index contributed by atoms with van der Waals surface area (Å²) in [5, 5.41) is 14.9. The zero-order valence-electron chi connectivity index (χ0n) is 17.4. The van der Waals surface area contributed by atoms with Crippen LogP contribution in [0.3, 0.4) is 0 Å². The molecule has 31 heavy (non-hydrogen) atoms. The smallest absolute Gasteiger partial charge is 0.407 e. The number of hydrogen-bond donors (Lipinski definition) is 3. The highest BCUT2D eigenvalue weighted by Gasteiger charge is 2.15. The molecule has 8 heteroatoms. The first-order chi connectivity index (χ1) is 15.2. The number of alkyl carbamates (subject to hydrolysis) is 1. The molecule has 0 radical (unpaired) electrons. The van der Waals surface area contributed by atoms with Crippen LogP contribution in [0.25, 0.3) is 22.2 Å². The lowest BCUT2D eigenvalue weighted by atomic mass is 10.0. The van der Waals surface area contributed by atoms with Gasteiger partial charge in [-0.25, -0.2) is 4.79 Å². The summed E-state index contributed by atoms with van der Waals surface area (Å²) in [5.41, 5.74) is 4.99. The van der Waals surface area contributed by atoms with E-state index in [-0.39, 0.29) is 6.61 Å². The summed E-state index contributed by atoms with van der Waals surface area (Å²) in [6.45, 7) is 6.14. The van der Waals surface area contributed by atoms with Crippen LogP contribution in [-0.4, -0.2) is 60.5 Å². The van der Waals surface area contributed by atoms with E-state index in [4.69, 9.17) is 9.47 Å². The predicted octanol–water partition coefficient (Wildman–Crippen LogP) is 2.64. The number of cyclic esters (lactones) is 1. The number of rotatable bonds is 2. The number of fused-ring (bicyclic) bond motifs is 4. The molecule has 0 aliphatic carbocycles. The van der Waals surface area contributed by atoms with Crippen LogP contribution >= 0.6 is 0 Å². The van der Waals surface area contributed by atoms with Crippen LogP contribution < -0.4 is 15.4 Å². The van der Waals surface area contributed by atoms with Crippen LogP contribution in [0.1, 0.15) is 17.5 Å². The lowest BCUT2D eigenvalue weighted by molar-refractivity contribution is 0.139. The summed E-state index contributed by atoms with van der Waals surface area (Å²) in [7, 11) is 0. The van der Waals surface area contributed by atoms with E-state index < -0.39 is 6.09 Å². The van der Waals surface area contributed by atoms with Gasteiger partial charge in [-0.3, -0.25) is 10.00 Å². The number of ether oxygens (including phenoxy) is 2. The van der Waals surface area contributed by atoms with E-state index in [0.29, 0.717) is 19.6 Å². The third-order valence-corrected chi connectivity index (χ3v) is 5.71. The molecule has 3 N–H and O–H groups in total. The van der Waals surface area contributed by atoms with Gasteiger partial charge in [0.25, 0.3) is 0 Å². The maximum Gasteiger partial charge on any atom is 0.407 e. The monoisotopic (exact) mass is 421 g/mol. The molecule has 162 valence electrons. The van der Waals surface area contributed by atoms with E-state index in [0.717, 1.165) is 66.2 Å². The van der Waals surface area contributed by atoms with Crippen LogP contribution in [0, 0.1) is 0 Å². The number of H-pyrrole nitrogens is 1. The van der Waals surface area contributed by atoms with E-state index in [1.54, 1.807) is 0 Å². The van der Waals surface area contributed by atoms with Crippen molar-refractivity contribution in [2.45, 2.75) is 19.6 Å². The molecule has 2 aromatic carbocycles. The van der Waals surface area contributed by atoms with Crippen LogP contribution in [0.4, 0.5) is 4.79 Å². The van der Waals surface area contributed by atoms with Crippen LogP contribution in [0.5, 0.6) is 5.75 Å². The van der Waals surface area contributed by atoms with Crippen molar-refractivity contribution >= 4 is 17.0 Å². The maximum absolute atomic E-state index is 12.1. The molecule has 2 aliphatic heterocycles. The van der Waals surface area contributed by atoms with E-state index in [1.165, 1.54) is 5.56 Å². The van der Waals surface area contributed by atoms with Crippen LogP contribution in [0.2, 0.25) is 0 Å². The summed E-state index contributed by atoms with van der Waals surface area (Å²) >= 11 is 0. The molecule has 4 bridgehead atoms. The first-order valence-electron chi connectivity index (χ1n) is 10.8. The van der Waals surface area contributed by atoms with Crippen molar-refractivity contribution in [3.8, 4) is 17.0 Å². The first kappa shape index (κ1) is 19.8. The standard InChI is InChI=1S/C23H27N5O3/c29-23-25-4-1-9-30-19-2-3-21-20(13-19)22(27-26-21)18-11-16(10-17(12-18)15-31-23)14-28-7-5-24-6-8-28/h2-3,10-13,24H,1,4-9,14-15H2,(H,25,29)(H,26,27). The zero-order valence-corrected chi connectivity index (χ0v) is 17.4. The average Bonchev–Trinajstić information content (AvgIpc) is 3.21. The Morgan fingerprint density at radius 1 is 1.03 bits per heavy atom. The lowest BCUT2D eigenvalue weighted by Crippen LogP contribution is -2.42. The van der Waals surface area contributed by atoms with Gasteiger partial charge in [-0.2, -0.15) is 5.10 Å². The second-order valence-electron chi connectivity index (χ2n) is 8.05. The molecule has 0 atom stereocenters. The maximum atomic E-state index is 12.1. The third-order valence-electron chi connectivity index (χ3n) is 5.71. The molecule has 8 nitrogen and oxygen atoms in total. The number of carbonyl (C=O) groups is 1. The Hall–Kier alpha value is -3.10. The summed E-state index contributed by atoms with van der Waals surface area (Å²) in [6, 6.07) is 12.3. The number of amides is 1. The van der Waals surface area contributed by atoms with Crippen molar-refractivity contribution < 1.29 is 14.3 Å². The van der Waals surface area contributed by atoms with Gasteiger partial charge in [0.2, 0.25) is 0 Å². The molecular weight excluding hydrogens is 394 g/mol. The molecule has 0 unspecified atom stereocenters. The van der Waals surface area contributed by atoms with Crippen molar-refractivity contribution in [2.24, 2.45) is 0 Å². The van der Waals surface area contributed by atoms with Crippen molar-refractivity contribution in [2.75, 3.05) is 39.3 Å². The Morgan fingerprint density at radius 3 is 2.84 bits per heavy atom. The number of carbonyl (C=O) groups excluding carboxylic acids is 1. The van der Waals surface area contributed by atoms with Crippen molar-refractivity contribution in [3.63, 3.8) is 0 Å². The quantitative estimate of drug-likeness (QED) is 0.589. The SMILES string of the molecule is O=C1NCCCOc2ccc3[nH]nc(c3c2)-c2cc(cc(CN3CCNCC3)c2)CO1. The van der Waals surface area contributed by atoms with Crippen LogP contribution in [0.15, 0.2) is 36.4 Å². The molecule has 1 amide bonds. The van der Waals surface area contributed by atoms with Gasteiger partial charge in [-0.1, -0.05) is 6.07 Å². The summed E-state index contributed by atoms with van der Waals surface area (Å²) < 4.78 is 11.3. The highest BCUT2D eigenvalue weighted by Crippen LogP contribution is 2.31. The molecule has 2 aliphatic rings. The minimum Gasteiger partial charge on any atom is -0.494 e. The minimum absolute atomic E-state index is 0.221. The number of benzene rings is 2. The third kappa shape index (κ3) is 4.65. The molecule has 3 aromatic rings. The Morgan fingerprint density at radius 2 is 1.94 bits per heavy atom. The van der Waals surface area contributed by atoms with E-state index in [2.05, 4.69) is 43.9 Å². The van der Waals surface area contributed by atoms with Gasteiger partial charge in [-0.05, 0) is 47.9 Å². The highest BCUT2D eigenvalue weighted by atomic mass is 16.5. The fraction of sp³-hybridized carbons (Fsp3) is 0.391. The fourth-order valence-corrected chi connectivity index (χ4v) is 4.16. The molecule has 1 fully saturated rings. The number of nitrogens with one attached hydrogen (secondary N) is 3. The summed E-state index contributed by atoms with van der Waals surface area (Å²) in [4.78, 5) is 14.5. The molecular formula is C23H27N5O3. The second-order valence-corrected chi connectivity index (χ2v) is 8.05. The minimum atomic E-state index is -0.411. The van der Waals surface area contributed by atoms with Gasteiger partial charge in [0.05, 0.1) is 12.1 Å². The lowest BCUT2D eigenvalue weighted by Gasteiger charge is -2.27. The Kier molecular flexibility index (Phi) is 5.73. The molecule has 0 spiro atoms. The first-order valence-corrected chi connectivity index (χ1v) is 10.8. The number of piperazine rings is 1. The van der Waals surface area contributed by atoms with Crippen LogP contribution in [-0.2, 0) is 17.9 Å². The molecule has 3 heterocycles. The number of nitrogens with zero attached hydrogens (tertiary/aromatic N) is 2. The number of aromatic nitrogens is 2. The molecule has 5 rings (SSSR count). The number of aromatic amines is 1. The highest BCUT2D eigenvalue weighted by molar-refractivity contribution is 5.94. The summed E-state index contributed by atoms with van der Waals surface area (Å²) in [5.74, 6) is 0.796. The molecule has 1 saturated heterocycles. The number of hydrogen-bond acceptors (Lipinski definition) is 6. The largest absolute Gasteiger partial charge is 0.494 e. The molecule has 0 saturated carbocycles.